The van der Waals surface area contributed by atoms with Crippen LogP contribution in [-0.4, -0.2) is 15.9 Å². The van der Waals surface area contributed by atoms with E-state index in [1.54, 1.807) is 6.07 Å². The summed E-state index contributed by atoms with van der Waals surface area (Å²) in [6.07, 6.45) is 3.00. The van der Waals surface area contributed by atoms with Gasteiger partial charge in [-0.2, -0.15) is 0 Å². The summed E-state index contributed by atoms with van der Waals surface area (Å²) in [4.78, 5) is 14.8. The van der Waals surface area contributed by atoms with Crippen LogP contribution < -0.4 is 0 Å². The Morgan fingerprint density at radius 3 is 2.16 bits per heavy atom. The van der Waals surface area contributed by atoms with Crippen molar-refractivity contribution >= 4 is 48.9 Å². The zero-order chi connectivity index (χ0) is 25.2. The van der Waals surface area contributed by atoms with Crippen molar-refractivity contribution < 1.29 is 34.4 Å². The molecule has 0 saturated heterocycles. The SMILES string of the molecule is CC(=O)/C=C(/C)O.Fc1ccc2c(ccc3c(-c4[c-]c5ccccc5c5ccccc45)nccc32)c1.[Ir]. The van der Waals surface area contributed by atoms with Gasteiger partial charge in [-0.1, -0.05) is 82.4 Å². The van der Waals surface area contributed by atoms with Gasteiger partial charge in [0.05, 0.1) is 5.76 Å². The molecule has 3 nitrogen and oxygen atoms in total. The number of hydrogen-bond donors (Lipinski definition) is 1. The van der Waals surface area contributed by atoms with Crippen molar-refractivity contribution in [2.24, 2.45) is 0 Å². The third-order valence-electron chi connectivity index (χ3n) is 6.05. The number of hydrogen-bond acceptors (Lipinski definition) is 3. The van der Waals surface area contributed by atoms with Crippen LogP contribution in [0, 0.1) is 11.9 Å². The van der Waals surface area contributed by atoms with E-state index < -0.39 is 0 Å². The number of fused-ring (bicyclic) bond motifs is 6. The molecule has 0 amide bonds. The minimum Gasteiger partial charge on any atom is -0.512 e. The predicted octanol–water partition coefficient (Wildman–Crippen LogP) is 8.34. The molecule has 0 fully saturated rings. The third kappa shape index (κ3) is 5.29. The number of carbonyl (C=O) groups is 1. The third-order valence-corrected chi connectivity index (χ3v) is 6.05. The van der Waals surface area contributed by atoms with Crippen molar-refractivity contribution in [1.29, 1.82) is 0 Å². The summed E-state index contributed by atoms with van der Waals surface area (Å²) in [6.45, 7) is 2.85. The van der Waals surface area contributed by atoms with Crippen molar-refractivity contribution in [2.45, 2.75) is 13.8 Å². The smallest absolute Gasteiger partial charge is 0.155 e. The summed E-state index contributed by atoms with van der Waals surface area (Å²) in [5.74, 6) is -0.285. The molecule has 0 aliphatic rings. The minimum absolute atomic E-state index is 0. The van der Waals surface area contributed by atoms with Crippen LogP contribution in [-0.2, 0) is 24.9 Å². The van der Waals surface area contributed by atoms with Crippen molar-refractivity contribution in [3.63, 3.8) is 0 Å². The van der Waals surface area contributed by atoms with Gasteiger partial charge in [0, 0.05) is 38.1 Å². The first-order valence-corrected chi connectivity index (χ1v) is 11.6. The van der Waals surface area contributed by atoms with Crippen LogP contribution in [0.2, 0.25) is 0 Å². The molecule has 185 valence electrons. The van der Waals surface area contributed by atoms with Gasteiger partial charge >= 0.3 is 0 Å². The maximum Gasteiger partial charge on any atom is 0.155 e. The van der Waals surface area contributed by atoms with E-state index in [0.29, 0.717) is 0 Å². The maximum atomic E-state index is 13.7. The number of rotatable bonds is 2. The first kappa shape index (κ1) is 26.2. The molecule has 0 atom stereocenters. The van der Waals surface area contributed by atoms with E-state index in [1.165, 1.54) is 36.8 Å². The summed E-state index contributed by atoms with van der Waals surface area (Å²) < 4.78 is 13.7. The van der Waals surface area contributed by atoms with Gasteiger partial charge in [0.1, 0.15) is 5.82 Å². The molecular formula is C32H23FIrNO2-. The normalized spacial score (nSPS) is 11.3. The second kappa shape index (κ2) is 11.0. The van der Waals surface area contributed by atoms with E-state index in [0.717, 1.165) is 43.6 Å². The number of nitrogens with zero attached hydrogens (tertiary/aromatic N) is 1. The fourth-order valence-electron chi connectivity index (χ4n) is 4.61. The van der Waals surface area contributed by atoms with Crippen LogP contribution in [0.25, 0.3) is 54.3 Å². The molecule has 0 saturated carbocycles. The molecule has 0 aliphatic carbocycles. The molecule has 5 aromatic carbocycles. The average molecular weight is 665 g/mol. The fraction of sp³-hybridized carbons (Fsp3) is 0.0625. The van der Waals surface area contributed by atoms with E-state index in [2.05, 4.69) is 48.5 Å². The second-order valence-corrected chi connectivity index (χ2v) is 8.67. The summed E-state index contributed by atoms with van der Waals surface area (Å²) in [5.41, 5.74) is 1.89. The van der Waals surface area contributed by atoms with Crippen LogP contribution in [0.4, 0.5) is 4.39 Å². The molecule has 6 aromatic rings. The van der Waals surface area contributed by atoms with Gasteiger partial charge in [-0.05, 0) is 53.6 Å². The van der Waals surface area contributed by atoms with E-state index in [1.807, 2.05) is 36.5 Å². The van der Waals surface area contributed by atoms with E-state index in [-0.39, 0.29) is 37.5 Å². The monoisotopic (exact) mass is 665 g/mol. The van der Waals surface area contributed by atoms with Crippen LogP contribution in [0.1, 0.15) is 13.8 Å². The van der Waals surface area contributed by atoms with Gasteiger partial charge in [0.15, 0.2) is 5.78 Å². The van der Waals surface area contributed by atoms with Gasteiger partial charge in [-0.3, -0.25) is 9.78 Å². The molecule has 5 heteroatoms. The minimum atomic E-state index is -0.222. The number of aromatic nitrogens is 1. The zero-order valence-electron chi connectivity index (χ0n) is 20.3. The van der Waals surface area contributed by atoms with Crippen molar-refractivity contribution in [2.75, 3.05) is 0 Å². The molecule has 1 N–H and O–H groups in total. The molecule has 1 aromatic heterocycles. The molecule has 6 rings (SSSR count). The van der Waals surface area contributed by atoms with E-state index in [4.69, 9.17) is 10.1 Å². The first-order chi connectivity index (χ1) is 17.4. The Labute approximate surface area is 227 Å². The summed E-state index contributed by atoms with van der Waals surface area (Å²) >= 11 is 0. The number of carbonyl (C=O) groups excluding carboxylic acids is 1. The number of aliphatic hydroxyl groups is 1. The largest absolute Gasteiger partial charge is 0.512 e. The van der Waals surface area contributed by atoms with Crippen LogP contribution in [0.15, 0.2) is 103 Å². The number of benzene rings is 5. The number of pyridine rings is 1. The molecule has 0 aliphatic heterocycles. The molecule has 37 heavy (non-hydrogen) atoms. The van der Waals surface area contributed by atoms with Crippen LogP contribution in [0.5, 0.6) is 0 Å². The topological polar surface area (TPSA) is 50.2 Å². The van der Waals surface area contributed by atoms with Crippen molar-refractivity contribution in [3.05, 3.63) is 115 Å². The standard InChI is InChI=1S/C27H15FN.C5H8O2.Ir/c28-19-10-12-21-18(15-19)9-11-25-24(21)13-14-29-27(25)26-16-17-5-1-2-6-20(17)22-7-3-4-8-23(22)26;1-4(6)3-5(2)7;/h1-15H;3,6H,1-2H3;/q-1;;/b;4-3-;. The molecular weight excluding hydrogens is 642 g/mol. The molecule has 1 heterocycles. The Hall–Kier alpha value is -3.92. The Bertz CT molecular complexity index is 1810. The zero-order valence-corrected chi connectivity index (χ0v) is 22.6. The van der Waals surface area contributed by atoms with Gasteiger partial charge in [0.25, 0.3) is 0 Å². The van der Waals surface area contributed by atoms with Gasteiger partial charge in [0.2, 0.25) is 0 Å². The Morgan fingerprint density at radius 1 is 0.811 bits per heavy atom. The molecule has 0 bridgehead atoms. The Morgan fingerprint density at radius 2 is 1.46 bits per heavy atom. The predicted molar refractivity (Wildman–Crippen MR) is 146 cm³/mol. The van der Waals surface area contributed by atoms with E-state index in [9.17, 15) is 9.18 Å². The quantitative estimate of drug-likeness (QED) is 0.0877. The second-order valence-electron chi connectivity index (χ2n) is 8.67. The number of allylic oxidation sites excluding steroid dienone is 2. The van der Waals surface area contributed by atoms with E-state index >= 15 is 0 Å². The fourth-order valence-corrected chi connectivity index (χ4v) is 4.61. The number of aliphatic hydroxyl groups excluding tert-OH is 1. The Balaban J connectivity index is 0.000000356. The first-order valence-electron chi connectivity index (χ1n) is 11.6. The average Bonchev–Trinajstić information content (AvgIpc) is 2.87. The molecule has 0 unspecified atom stereocenters. The molecule has 1 radical (unpaired) electrons. The Kier molecular flexibility index (Phi) is 7.77. The summed E-state index contributed by atoms with van der Waals surface area (Å²) in [7, 11) is 0. The maximum absolute atomic E-state index is 13.7. The molecule has 0 spiro atoms. The van der Waals surface area contributed by atoms with Gasteiger partial charge in [-0.25, -0.2) is 4.39 Å². The van der Waals surface area contributed by atoms with Gasteiger partial charge in [-0.15, -0.1) is 17.5 Å². The van der Waals surface area contributed by atoms with Crippen LogP contribution >= 0.6 is 0 Å². The van der Waals surface area contributed by atoms with Gasteiger partial charge < -0.3 is 5.11 Å². The summed E-state index contributed by atoms with van der Waals surface area (Å²) in [6, 6.07) is 31.3. The number of halogens is 1. The van der Waals surface area contributed by atoms with Crippen molar-refractivity contribution in [3.8, 4) is 11.3 Å². The van der Waals surface area contributed by atoms with Crippen LogP contribution in [0.3, 0.4) is 0 Å². The van der Waals surface area contributed by atoms with Crippen molar-refractivity contribution in [1.82, 2.24) is 4.98 Å². The summed E-state index contributed by atoms with van der Waals surface area (Å²) in [5, 5.41) is 17.0. The number of ketones is 1.